The number of para-hydroxylation sites is 3. The molecule has 7 heteroatoms. The van der Waals surface area contributed by atoms with Gasteiger partial charge in [-0.25, -0.2) is 9.37 Å². The third kappa shape index (κ3) is 5.31. The van der Waals surface area contributed by atoms with Gasteiger partial charge in [0, 0.05) is 30.8 Å². The summed E-state index contributed by atoms with van der Waals surface area (Å²) < 4.78 is 15.0. The van der Waals surface area contributed by atoms with E-state index in [4.69, 9.17) is 4.98 Å². The zero-order chi connectivity index (χ0) is 23.9. The summed E-state index contributed by atoms with van der Waals surface area (Å²) in [6.45, 7) is 3.15. The first-order valence-electron chi connectivity index (χ1n) is 11.4. The molecule has 2 amide bonds. The molecule has 34 heavy (non-hydrogen) atoms. The van der Waals surface area contributed by atoms with E-state index in [1.165, 1.54) is 24.3 Å². The minimum Gasteiger partial charge on any atom is -0.352 e. The quantitative estimate of drug-likeness (QED) is 0.373. The summed E-state index contributed by atoms with van der Waals surface area (Å²) in [4.78, 5) is 32.0. The van der Waals surface area contributed by atoms with E-state index in [1.54, 1.807) is 4.90 Å². The number of imidazole rings is 1. The Hall–Kier alpha value is -4.00. The van der Waals surface area contributed by atoms with Crippen molar-refractivity contribution in [3.63, 3.8) is 0 Å². The number of carbonyl (C=O) groups excluding carboxylic acids is 2. The van der Waals surface area contributed by atoms with E-state index in [0.717, 1.165) is 22.5 Å². The molecule has 0 saturated carbocycles. The van der Waals surface area contributed by atoms with Crippen molar-refractivity contribution in [3.8, 4) is 0 Å². The molecule has 0 radical (unpaired) electrons. The van der Waals surface area contributed by atoms with Gasteiger partial charge in [-0.05, 0) is 61.9 Å². The first-order chi connectivity index (χ1) is 16.6. The summed E-state index contributed by atoms with van der Waals surface area (Å²) in [7, 11) is 0. The Morgan fingerprint density at radius 1 is 0.971 bits per heavy atom. The van der Waals surface area contributed by atoms with Crippen molar-refractivity contribution in [2.45, 2.75) is 26.3 Å². The molecule has 1 N–H and O–H groups in total. The van der Waals surface area contributed by atoms with Crippen LogP contribution in [0.1, 0.15) is 29.5 Å². The molecule has 6 nitrogen and oxygen atoms in total. The van der Waals surface area contributed by atoms with E-state index in [0.29, 0.717) is 31.5 Å². The maximum absolute atomic E-state index is 13.2. The number of aryl methyl sites for hydroxylation is 1. The van der Waals surface area contributed by atoms with E-state index in [1.807, 2.05) is 66.1 Å². The number of benzene rings is 3. The maximum Gasteiger partial charge on any atom is 0.251 e. The van der Waals surface area contributed by atoms with E-state index in [-0.39, 0.29) is 24.2 Å². The van der Waals surface area contributed by atoms with Crippen LogP contribution in [0.4, 0.5) is 10.1 Å². The summed E-state index contributed by atoms with van der Waals surface area (Å²) in [6.07, 6.45) is 1.25. The maximum atomic E-state index is 13.2. The van der Waals surface area contributed by atoms with Gasteiger partial charge in [-0.2, -0.15) is 0 Å². The van der Waals surface area contributed by atoms with Gasteiger partial charge in [0.1, 0.15) is 18.2 Å². The second kappa shape index (κ2) is 10.7. The highest BCUT2D eigenvalue weighted by Gasteiger charge is 2.18. The van der Waals surface area contributed by atoms with Gasteiger partial charge >= 0.3 is 0 Å². The number of rotatable bonds is 9. The second-order valence-corrected chi connectivity index (χ2v) is 7.94. The molecule has 3 aromatic carbocycles. The zero-order valence-corrected chi connectivity index (χ0v) is 19.1. The first kappa shape index (κ1) is 23.2. The van der Waals surface area contributed by atoms with Crippen molar-refractivity contribution >= 4 is 28.5 Å². The molecule has 0 unspecified atom stereocenters. The first-order valence-corrected chi connectivity index (χ1v) is 11.4. The van der Waals surface area contributed by atoms with E-state index in [2.05, 4.69) is 5.32 Å². The third-order valence-corrected chi connectivity index (χ3v) is 5.68. The topological polar surface area (TPSA) is 67.2 Å². The molecule has 4 aromatic rings. The molecule has 0 aliphatic rings. The summed E-state index contributed by atoms with van der Waals surface area (Å²) in [5.41, 5.74) is 3.03. The van der Waals surface area contributed by atoms with Crippen molar-refractivity contribution in [3.05, 3.63) is 96.1 Å². The number of hydrogen-bond donors (Lipinski definition) is 1. The van der Waals surface area contributed by atoms with Gasteiger partial charge in [-0.3, -0.25) is 9.59 Å². The lowest BCUT2D eigenvalue weighted by Gasteiger charge is -2.22. The van der Waals surface area contributed by atoms with Crippen LogP contribution in [0.25, 0.3) is 11.0 Å². The summed E-state index contributed by atoms with van der Waals surface area (Å²) >= 11 is 0. The normalized spacial score (nSPS) is 10.9. The van der Waals surface area contributed by atoms with E-state index < -0.39 is 0 Å². The smallest absolute Gasteiger partial charge is 0.251 e. The monoisotopic (exact) mass is 458 g/mol. The van der Waals surface area contributed by atoms with Crippen LogP contribution < -0.4 is 10.2 Å². The number of halogens is 1. The SMILES string of the molecule is CCN(C(=O)Cn1c(CCCNC(=O)c2ccc(F)cc2)nc2ccccc21)c1ccccc1. The van der Waals surface area contributed by atoms with Crippen LogP contribution >= 0.6 is 0 Å². The Bertz CT molecular complexity index is 1270. The Kier molecular flexibility index (Phi) is 7.32. The Morgan fingerprint density at radius 2 is 1.68 bits per heavy atom. The van der Waals surface area contributed by atoms with Crippen LogP contribution in [-0.4, -0.2) is 34.5 Å². The summed E-state index contributed by atoms with van der Waals surface area (Å²) in [5.74, 6) is 0.168. The average Bonchev–Trinajstić information content (AvgIpc) is 3.20. The molecule has 0 saturated heterocycles. The van der Waals surface area contributed by atoms with Crippen LogP contribution in [0.5, 0.6) is 0 Å². The molecule has 1 aromatic heterocycles. The molecular weight excluding hydrogens is 431 g/mol. The van der Waals surface area contributed by atoms with Crippen molar-refractivity contribution in [2.24, 2.45) is 0 Å². The molecule has 1 heterocycles. The molecule has 0 aliphatic carbocycles. The van der Waals surface area contributed by atoms with Gasteiger partial charge in [0.05, 0.1) is 11.0 Å². The van der Waals surface area contributed by atoms with Crippen molar-refractivity contribution in [1.82, 2.24) is 14.9 Å². The van der Waals surface area contributed by atoms with Crippen molar-refractivity contribution < 1.29 is 14.0 Å². The number of carbonyl (C=O) groups is 2. The number of nitrogens with one attached hydrogen (secondary N) is 1. The lowest BCUT2D eigenvalue weighted by Crippen LogP contribution is -2.34. The lowest BCUT2D eigenvalue weighted by atomic mass is 10.2. The minimum absolute atomic E-state index is 0.0114. The van der Waals surface area contributed by atoms with Crippen LogP contribution in [-0.2, 0) is 17.8 Å². The highest BCUT2D eigenvalue weighted by atomic mass is 19.1. The largest absolute Gasteiger partial charge is 0.352 e. The molecule has 0 spiro atoms. The fourth-order valence-electron chi connectivity index (χ4n) is 3.98. The van der Waals surface area contributed by atoms with Gasteiger partial charge in [0.2, 0.25) is 5.91 Å². The zero-order valence-electron chi connectivity index (χ0n) is 19.1. The number of nitrogens with zero attached hydrogens (tertiary/aromatic N) is 3. The standard InChI is InChI=1S/C27H27FN4O2/c1-2-31(22-9-4-3-5-10-22)26(33)19-32-24-12-7-6-11-23(24)30-25(32)13-8-18-29-27(34)20-14-16-21(28)17-15-20/h3-7,9-12,14-17H,2,8,13,18-19H2,1H3,(H,29,34). The minimum atomic E-state index is -0.376. The summed E-state index contributed by atoms with van der Waals surface area (Å²) in [5, 5.41) is 2.86. The number of aromatic nitrogens is 2. The third-order valence-electron chi connectivity index (χ3n) is 5.68. The van der Waals surface area contributed by atoms with Crippen LogP contribution in [0.3, 0.4) is 0 Å². The van der Waals surface area contributed by atoms with Crippen molar-refractivity contribution in [1.29, 1.82) is 0 Å². The fourth-order valence-corrected chi connectivity index (χ4v) is 3.98. The van der Waals surface area contributed by atoms with Gasteiger partial charge in [0.25, 0.3) is 5.91 Å². The molecule has 0 fully saturated rings. The van der Waals surface area contributed by atoms with Gasteiger partial charge in [0.15, 0.2) is 0 Å². The summed E-state index contributed by atoms with van der Waals surface area (Å²) in [6, 6.07) is 22.8. The predicted octanol–water partition coefficient (Wildman–Crippen LogP) is 4.59. The molecule has 4 rings (SSSR count). The van der Waals surface area contributed by atoms with Crippen molar-refractivity contribution in [2.75, 3.05) is 18.0 Å². The van der Waals surface area contributed by atoms with Gasteiger partial charge in [-0.15, -0.1) is 0 Å². The Balaban J connectivity index is 1.45. The van der Waals surface area contributed by atoms with Gasteiger partial charge < -0.3 is 14.8 Å². The highest BCUT2D eigenvalue weighted by Crippen LogP contribution is 2.19. The number of likely N-dealkylation sites (N-methyl/N-ethyl adjacent to an activating group) is 1. The Labute approximate surface area is 198 Å². The number of amides is 2. The van der Waals surface area contributed by atoms with E-state index >= 15 is 0 Å². The number of anilines is 1. The molecule has 174 valence electrons. The molecular formula is C27H27FN4O2. The highest BCUT2D eigenvalue weighted by molar-refractivity contribution is 5.94. The Morgan fingerprint density at radius 3 is 2.41 bits per heavy atom. The fraction of sp³-hybridized carbons (Fsp3) is 0.222. The number of fused-ring (bicyclic) bond motifs is 1. The van der Waals surface area contributed by atoms with E-state index in [9.17, 15) is 14.0 Å². The lowest BCUT2D eigenvalue weighted by molar-refractivity contribution is -0.119. The van der Waals surface area contributed by atoms with Crippen LogP contribution in [0.2, 0.25) is 0 Å². The average molecular weight is 459 g/mol. The van der Waals surface area contributed by atoms with Gasteiger partial charge in [-0.1, -0.05) is 30.3 Å². The second-order valence-electron chi connectivity index (χ2n) is 7.94. The van der Waals surface area contributed by atoms with Crippen LogP contribution in [0.15, 0.2) is 78.9 Å². The predicted molar refractivity (Wildman–Crippen MR) is 131 cm³/mol. The molecule has 0 aliphatic heterocycles. The number of hydrogen-bond acceptors (Lipinski definition) is 3. The van der Waals surface area contributed by atoms with Crippen LogP contribution in [0, 0.1) is 5.82 Å². The molecule has 0 atom stereocenters. The molecule has 0 bridgehead atoms.